The van der Waals surface area contributed by atoms with Gasteiger partial charge in [0.15, 0.2) is 0 Å². The zero-order chi connectivity index (χ0) is 11.3. The van der Waals surface area contributed by atoms with Crippen molar-refractivity contribution >= 4 is 11.9 Å². The molecule has 0 radical (unpaired) electrons. The number of hydrogen-bond donors (Lipinski definition) is 1. The van der Waals surface area contributed by atoms with Gasteiger partial charge in [-0.2, -0.15) is 0 Å². The zero-order valence-electron chi connectivity index (χ0n) is 9.70. The van der Waals surface area contributed by atoms with E-state index >= 15 is 0 Å². The van der Waals surface area contributed by atoms with E-state index in [0.717, 1.165) is 11.4 Å². The number of hydrogen-bond acceptors (Lipinski definition) is 3. The number of allylic oxidation sites excluding steroid dienone is 2. The van der Waals surface area contributed by atoms with Crippen molar-refractivity contribution in [1.82, 2.24) is 0 Å². The average molecular weight is 205 g/mol. The van der Waals surface area contributed by atoms with E-state index < -0.39 is 0 Å². The van der Waals surface area contributed by atoms with Crippen LogP contribution in [0.25, 0.3) is 0 Å². The van der Waals surface area contributed by atoms with Crippen LogP contribution in [0.2, 0.25) is 0 Å². The lowest BCUT2D eigenvalue weighted by Gasteiger charge is -2.00. The third kappa shape index (κ3) is 4.58. The van der Waals surface area contributed by atoms with Crippen molar-refractivity contribution in [3.8, 4) is 0 Å². The summed E-state index contributed by atoms with van der Waals surface area (Å²) in [6.07, 6.45) is 7.95. The van der Waals surface area contributed by atoms with Gasteiger partial charge in [0.2, 0.25) is 0 Å². The lowest BCUT2D eigenvalue weighted by molar-refractivity contribution is 1.08. The highest BCUT2D eigenvalue weighted by molar-refractivity contribution is 5.81. The average Bonchev–Trinajstić information content (AvgIpc) is 2.97. The molecule has 0 aromatic rings. The molecule has 2 N–H and O–H groups in total. The summed E-state index contributed by atoms with van der Waals surface area (Å²) in [6.45, 7) is 5.84. The van der Waals surface area contributed by atoms with Crippen LogP contribution >= 0.6 is 0 Å². The molecule has 0 bridgehead atoms. The van der Waals surface area contributed by atoms with Crippen LogP contribution in [0.5, 0.6) is 0 Å². The molecule has 0 amide bonds. The van der Waals surface area contributed by atoms with Crippen molar-refractivity contribution in [2.75, 3.05) is 0 Å². The van der Waals surface area contributed by atoms with E-state index in [2.05, 4.69) is 9.98 Å². The molecular weight excluding hydrogens is 186 g/mol. The summed E-state index contributed by atoms with van der Waals surface area (Å²) in [5.41, 5.74) is 8.36. The first-order valence-electron chi connectivity index (χ1n) is 5.31. The van der Waals surface area contributed by atoms with Crippen molar-refractivity contribution in [2.45, 2.75) is 39.7 Å². The van der Waals surface area contributed by atoms with Crippen molar-refractivity contribution in [3.63, 3.8) is 0 Å². The molecule has 82 valence electrons. The lowest BCUT2D eigenvalue weighted by atomic mass is 10.3. The number of nitrogens with zero attached hydrogens (tertiary/aromatic N) is 2. The Bertz CT molecular complexity index is 327. The summed E-state index contributed by atoms with van der Waals surface area (Å²) in [7, 11) is 0. The van der Waals surface area contributed by atoms with Crippen LogP contribution < -0.4 is 5.73 Å². The standard InChI is InChI=1S/C12H19N3/c1-4-12(15-9(2)3)11(13)7-8-14-10-5-6-10/h4,7-8,10H,5-6,13H2,1-3H3/b11-7?,12-4-,14-8?. The van der Waals surface area contributed by atoms with Crippen molar-refractivity contribution in [2.24, 2.45) is 15.7 Å². The minimum atomic E-state index is 0.541. The first kappa shape index (κ1) is 11.7. The van der Waals surface area contributed by atoms with Gasteiger partial charge in [0, 0.05) is 11.9 Å². The molecular formula is C12H19N3. The Morgan fingerprint density at radius 3 is 2.47 bits per heavy atom. The van der Waals surface area contributed by atoms with E-state index in [4.69, 9.17) is 5.73 Å². The molecule has 0 saturated heterocycles. The quantitative estimate of drug-likeness (QED) is 0.556. The van der Waals surface area contributed by atoms with Gasteiger partial charge in [-0.05, 0) is 39.7 Å². The molecule has 0 spiro atoms. The van der Waals surface area contributed by atoms with E-state index in [-0.39, 0.29) is 0 Å². The van der Waals surface area contributed by atoms with Crippen LogP contribution in [-0.4, -0.2) is 18.0 Å². The van der Waals surface area contributed by atoms with Gasteiger partial charge in [-0.1, -0.05) is 6.08 Å². The van der Waals surface area contributed by atoms with Crippen LogP contribution in [0.4, 0.5) is 0 Å². The first-order valence-corrected chi connectivity index (χ1v) is 5.31. The summed E-state index contributed by atoms with van der Waals surface area (Å²) >= 11 is 0. The highest BCUT2D eigenvalue weighted by Crippen LogP contribution is 2.22. The molecule has 0 aromatic heterocycles. The Morgan fingerprint density at radius 1 is 1.33 bits per heavy atom. The summed E-state index contributed by atoms with van der Waals surface area (Å²) in [4.78, 5) is 8.65. The number of rotatable bonds is 4. The van der Waals surface area contributed by atoms with E-state index in [1.54, 1.807) is 6.21 Å². The Hall–Kier alpha value is -1.38. The van der Waals surface area contributed by atoms with E-state index in [1.807, 2.05) is 32.9 Å². The minimum absolute atomic E-state index is 0.541. The maximum absolute atomic E-state index is 5.88. The second-order valence-corrected chi connectivity index (χ2v) is 3.88. The Labute approximate surface area is 91.5 Å². The smallest absolute Gasteiger partial charge is 0.0815 e. The largest absolute Gasteiger partial charge is 0.397 e. The second-order valence-electron chi connectivity index (χ2n) is 3.88. The predicted octanol–water partition coefficient (Wildman–Crippen LogP) is 2.45. The summed E-state index contributed by atoms with van der Waals surface area (Å²) < 4.78 is 0. The van der Waals surface area contributed by atoms with Gasteiger partial charge in [0.25, 0.3) is 0 Å². The normalized spacial score (nSPS) is 18.3. The molecule has 0 atom stereocenters. The molecule has 15 heavy (non-hydrogen) atoms. The molecule has 1 aliphatic rings. The molecule has 0 aliphatic heterocycles. The first-order chi connectivity index (χ1) is 7.13. The summed E-state index contributed by atoms with van der Waals surface area (Å²) in [6, 6.07) is 0.541. The molecule has 3 nitrogen and oxygen atoms in total. The third-order valence-corrected chi connectivity index (χ3v) is 2.01. The fraction of sp³-hybridized carbons (Fsp3) is 0.500. The van der Waals surface area contributed by atoms with Crippen LogP contribution in [-0.2, 0) is 0 Å². The SMILES string of the molecule is C/C=C(\N=C(C)C)C(N)=CC=NC1CC1. The van der Waals surface area contributed by atoms with Gasteiger partial charge in [-0.15, -0.1) is 0 Å². The highest BCUT2D eigenvalue weighted by Gasteiger charge is 2.18. The summed E-state index contributed by atoms with van der Waals surface area (Å²) in [5, 5.41) is 0. The molecule has 1 aliphatic carbocycles. The fourth-order valence-corrected chi connectivity index (χ4v) is 1.09. The fourth-order valence-electron chi connectivity index (χ4n) is 1.09. The maximum atomic E-state index is 5.88. The highest BCUT2D eigenvalue weighted by atomic mass is 14.8. The molecule has 0 unspecified atom stereocenters. The van der Waals surface area contributed by atoms with Crippen molar-refractivity contribution in [1.29, 1.82) is 0 Å². The molecule has 0 heterocycles. The topological polar surface area (TPSA) is 50.7 Å². The van der Waals surface area contributed by atoms with Gasteiger partial charge in [-0.3, -0.25) is 9.98 Å². The second kappa shape index (κ2) is 5.49. The molecule has 1 saturated carbocycles. The van der Waals surface area contributed by atoms with Gasteiger partial charge in [0.05, 0.1) is 17.4 Å². The van der Waals surface area contributed by atoms with Gasteiger partial charge >= 0.3 is 0 Å². The predicted molar refractivity (Wildman–Crippen MR) is 66.3 cm³/mol. The Kier molecular flexibility index (Phi) is 4.28. The van der Waals surface area contributed by atoms with Gasteiger partial charge in [0.1, 0.15) is 0 Å². The maximum Gasteiger partial charge on any atom is 0.0815 e. The Morgan fingerprint density at radius 2 is 2.00 bits per heavy atom. The molecule has 3 heteroatoms. The van der Waals surface area contributed by atoms with Gasteiger partial charge < -0.3 is 5.73 Å². The van der Waals surface area contributed by atoms with Crippen LogP contribution in [0.1, 0.15) is 33.6 Å². The molecule has 1 fully saturated rings. The van der Waals surface area contributed by atoms with Crippen LogP contribution in [0, 0.1) is 0 Å². The minimum Gasteiger partial charge on any atom is -0.397 e. The van der Waals surface area contributed by atoms with E-state index in [9.17, 15) is 0 Å². The number of aliphatic imine (C=N–C) groups is 2. The third-order valence-electron chi connectivity index (χ3n) is 2.01. The van der Waals surface area contributed by atoms with Crippen LogP contribution in [0.3, 0.4) is 0 Å². The number of nitrogens with two attached hydrogens (primary N) is 1. The molecule has 1 rings (SSSR count). The molecule has 0 aromatic carbocycles. The van der Waals surface area contributed by atoms with Crippen molar-refractivity contribution < 1.29 is 0 Å². The van der Waals surface area contributed by atoms with Crippen molar-refractivity contribution in [3.05, 3.63) is 23.5 Å². The zero-order valence-corrected chi connectivity index (χ0v) is 9.70. The monoisotopic (exact) mass is 205 g/mol. The van der Waals surface area contributed by atoms with E-state index in [0.29, 0.717) is 11.7 Å². The lowest BCUT2D eigenvalue weighted by Crippen LogP contribution is -2.01. The Balaban J connectivity index is 2.63. The van der Waals surface area contributed by atoms with Gasteiger partial charge in [-0.25, -0.2) is 0 Å². The van der Waals surface area contributed by atoms with E-state index in [1.165, 1.54) is 12.8 Å². The summed E-state index contributed by atoms with van der Waals surface area (Å²) in [5.74, 6) is 0. The van der Waals surface area contributed by atoms with Crippen LogP contribution in [0.15, 0.2) is 33.5 Å².